The number of methoxy groups -OCH3 is 1. The van der Waals surface area contributed by atoms with E-state index >= 15 is 0 Å². The van der Waals surface area contributed by atoms with Gasteiger partial charge in [-0.05, 0) is 41.1 Å². The third-order valence-corrected chi connectivity index (χ3v) is 5.20. The van der Waals surface area contributed by atoms with Gasteiger partial charge in [-0.3, -0.25) is 9.48 Å². The maximum absolute atomic E-state index is 12.6. The molecule has 1 saturated heterocycles. The van der Waals surface area contributed by atoms with E-state index in [0.29, 0.717) is 24.7 Å². The van der Waals surface area contributed by atoms with Crippen molar-refractivity contribution in [3.05, 3.63) is 72.7 Å². The average molecular weight is 404 g/mol. The van der Waals surface area contributed by atoms with Crippen LogP contribution in [0.4, 0.5) is 0 Å². The summed E-state index contributed by atoms with van der Waals surface area (Å²) in [7, 11) is 1.64. The topological polar surface area (TPSA) is 82.6 Å². The second-order valence-electron chi connectivity index (χ2n) is 7.14. The molecule has 5 rings (SSSR count). The minimum absolute atomic E-state index is 0.138. The number of fused-ring (bicyclic) bond motifs is 1. The van der Waals surface area contributed by atoms with Gasteiger partial charge in [0.25, 0.3) is 5.91 Å². The lowest BCUT2D eigenvalue weighted by atomic mass is 10.1. The molecule has 8 heteroatoms. The van der Waals surface area contributed by atoms with Crippen molar-refractivity contribution in [3.8, 4) is 11.5 Å². The van der Waals surface area contributed by atoms with Gasteiger partial charge in [-0.2, -0.15) is 5.10 Å². The molecule has 0 radical (unpaired) electrons. The summed E-state index contributed by atoms with van der Waals surface area (Å²) >= 11 is 0. The predicted molar refractivity (Wildman–Crippen MR) is 109 cm³/mol. The number of carbonyl (C=O) groups excluding carboxylic acids is 1. The summed E-state index contributed by atoms with van der Waals surface area (Å²) in [5.41, 5.74) is 0.288. The summed E-state index contributed by atoms with van der Waals surface area (Å²) in [6.07, 6.45) is 5.02. The molecule has 0 atom stereocenters. The molecular formula is C22H20N4O4. The van der Waals surface area contributed by atoms with Crippen LogP contribution < -0.4 is 9.47 Å². The quantitative estimate of drug-likeness (QED) is 0.490. The Morgan fingerprint density at radius 2 is 1.97 bits per heavy atom. The van der Waals surface area contributed by atoms with E-state index in [1.165, 1.54) is 6.26 Å². The fourth-order valence-electron chi connectivity index (χ4n) is 3.49. The number of likely N-dealkylation sites (tertiary alicyclic amines) is 1. The Labute approximate surface area is 172 Å². The molecule has 0 bridgehead atoms. The van der Waals surface area contributed by atoms with Gasteiger partial charge >= 0.3 is 0 Å². The van der Waals surface area contributed by atoms with E-state index in [9.17, 15) is 4.79 Å². The zero-order valence-corrected chi connectivity index (χ0v) is 16.4. The van der Waals surface area contributed by atoms with E-state index in [0.717, 1.165) is 16.5 Å². The van der Waals surface area contributed by atoms with Crippen molar-refractivity contribution in [2.45, 2.75) is 12.6 Å². The van der Waals surface area contributed by atoms with Gasteiger partial charge < -0.3 is 18.8 Å². The van der Waals surface area contributed by atoms with Crippen LogP contribution in [0.25, 0.3) is 10.8 Å². The Kier molecular flexibility index (Phi) is 4.59. The second-order valence-corrected chi connectivity index (χ2v) is 7.14. The van der Waals surface area contributed by atoms with Crippen LogP contribution in [-0.2, 0) is 6.61 Å². The summed E-state index contributed by atoms with van der Waals surface area (Å²) in [6.45, 7) is 1.36. The maximum Gasteiger partial charge on any atom is 0.275 e. The second kappa shape index (κ2) is 7.55. The van der Waals surface area contributed by atoms with Gasteiger partial charge in [-0.25, -0.2) is 4.98 Å². The lowest BCUT2D eigenvalue weighted by Gasteiger charge is -2.38. The molecule has 2 aromatic heterocycles. The number of ether oxygens (including phenoxy) is 2. The van der Waals surface area contributed by atoms with Crippen molar-refractivity contribution >= 4 is 16.7 Å². The van der Waals surface area contributed by atoms with Crippen molar-refractivity contribution in [2.24, 2.45) is 0 Å². The molecule has 4 aromatic rings. The van der Waals surface area contributed by atoms with E-state index in [1.54, 1.807) is 18.2 Å². The molecule has 3 heterocycles. The number of benzene rings is 2. The molecule has 0 saturated carbocycles. The monoisotopic (exact) mass is 404 g/mol. The van der Waals surface area contributed by atoms with Gasteiger partial charge in [0, 0.05) is 25.5 Å². The number of hydrogen-bond donors (Lipinski definition) is 0. The van der Waals surface area contributed by atoms with Crippen LogP contribution in [0.5, 0.6) is 11.5 Å². The largest absolute Gasteiger partial charge is 0.497 e. The molecule has 152 valence electrons. The Morgan fingerprint density at radius 1 is 1.17 bits per heavy atom. The fourth-order valence-corrected chi connectivity index (χ4v) is 3.49. The van der Waals surface area contributed by atoms with Gasteiger partial charge in [-0.15, -0.1) is 0 Å². The van der Waals surface area contributed by atoms with Gasteiger partial charge in [0.2, 0.25) is 5.89 Å². The number of nitrogens with zero attached hydrogens (tertiary/aromatic N) is 4. The summed E-state index contributed by atoms with van der Waals surface area (Å²) in [4.78, 5) is 18.6. The van der Waals surface area contributed by atoms with E-state index in [2.05, 4.69) is 10.1 Å². The van der Waals surface area contributed by atoms with Crippen molar-refractivity contribution in [1.82, 2.24) is 19.7 Å². The Morgan fingerprint density at radius 3 is 2.73 bits per heavy atom. The summed E-state index contributed by atoms with van der Waals surface area (Å²) in [5, 5.41) is 6.32. The molecule has 30 heavy (non-hydrogen) atoms. The van der Waals surface area contributed by atoms with Crippen LogP contribution in [0.3, 0.4) is 0 Å². The van der Waals surface area contributed by atoms with E-state index in [-0.39, 0.29) is 24.2 Å². The highest BCUT2D eigenvalue weighted by Crippen LogP contribution is 2.26. The minimum Gasteiger partial charge on any atom is -0.497 e. The number of amides is 1. The first-order valence-electron chi connectivity index (χ1n) is 9.63. The highest BCUT2D eigenvalue weighted by molar-refractivity contribution is 5.92. The third kappa shape index (κ3) is 3.47. The van der Waals surface area contributed by atoms with Gasteiger partial charge in [0.05, 0.1) is 13.2 Å². The smallest absolute Gasteiger partial charge is 0.275 e. The molecule has 2 aromatic carbocycles. The van der Waals surface area contributed by atoms with Crippen molar-refractivity contribution in [3.63, 3.8) is 0 Å². The van der Waals surface area contributed by atoms with Crippen LogP contribution in [-0.4, -0.2) is 45.8 Å². The molecule has 0 N–H and O–H groups in total. The Bertz CT molecular complexity index is 1180. The van der Waals surface area contributed by atoms with Gasteiger partial charge in [0.15, 0.2) is 12.3 Å². The first-order chi connectivity index (χ1) is 14.7. The minimum atomic E-state index is -0.147. The highest BCUT2D eigenvalue weighted by Gasteiger charge is 2.34. The van der Waals surface area contributed by atoms with Gasteiger partial charge in [0.1, 0.15) is 17.8 Å². The maximum atomic E-state index is 12.6. The van der Waals surface area contributed by atoms with E-state index in [4.69, 9.17) is 13.9 Å². The molecule has 1 fully saturated rings. The molecule has 1 aliphatic rings. The first kappa shape index (κ1) is 18.2. The van der Waals surface area contributed by atoms with Crippen molar-refractivity contribution in [2.75, 3.05) is 20.2 Å². The predicted octanol–water partition coefficient (Wildman–Crippen LogP) is 3.31. The highest BCUT2D eigenvalue weighted by atomic mass is 16.5. The standard InChI is InChI=1S/C22H20N4O4/c1-28-18-5-3-15-4-6-19(10-16(15)9-18)29-14-21-24-20(13-30-21)22(27)25-11-17(12-25)26-8-2-7-23-26/h2-10,13,17H,11-12,14H2,1H3. The van der Waals surface area contributed by atoms with Crippen LogP contribution in [0.1, 0.15) is 22.4 Å². The lowest BCUT2D eigenvalue weighted by molar-refractivity contribution is 0.0495. The number of carbonyl (C=O) groups is 1. The average Bonchev–Trinajstić information content (AvgIpc) is 3.43. The molecule has 1 aliphatic heterocycles. The first-order valence-corrected chi connectivity index (χ1v) is 9.63. The number of aromatic nitrogens is 3. The third-order valence-electron chi connectivity index (χ3n) is 5.20. The lowest BCUT2D eigenvalue weighted by Crippen LogP contribution is -2.50. The van der Waals surface area contributed by atoms with Crippen LogP contribution >= 0.6 is 0 Å². The zero-order chi connectivity index (χ0) is 20.5. The van der Waals surface area contributed by atoms with Crippen LogP contribution in [0.15, 0.2) is 65.5 Å². The normalized spacial score (nSPS) is 14.0. The Hall–Kier alpha value is -3.81. The van der Waals surface area contributed by atoms with Gasteiger partial charge in [-0.1, -0.05) is 12.1 Å². The van der Waals surface area contributed by atoms with E-state index in [1.807, 2.05) is 53.3 Å². The molecule has 8 nitrogen and oxygen atoms in total. The molecule has 0 unspecified atom stereocenters. The fraction of sp³-hybridized carbons (Fsp3) is 0.227. The molecule has 1 amide bonds. The molecular weight excluding hydrogens is 384 g/mol. The number of rotatable bonds is 6. The van der Waals surface area contributed by atoms with Crippen molar-refractivity contribution < 1.29 is 18.7 Å². The summed E-state index contributed by atoms with van der Waals surface area (Å²) in [6, 6.07) is 13.8. The van der Waals surface area contributed by atoms with Crippen molar-refractivity contribution in [1.29, 1.82) is 0 Å². The number of hydrogen-bond acceptors (Lipinski definition) is 6. The summed E-state index contributed by atoms with van der Waals surface area (Å²) in [5.74, 6) is 1.68. The Balaban J connectivity index is 1.20. The summed E-state index contributed by atoms with van der Waals surface area (Å²) < 4.78 is 18.4. The molecule has 0 spiro atoms. The number of oxazole rings is 1. The molecule has 0 aliphatic carbocycles. The van der Waals surface area contributed by atoms with Crippen LogP contribution in [0.2, 0.25) is 0 Å². The van der Waals surface area contributed by atoms with Crippen LogP contribution in [0, 0.1) is 0 Å². The SMILES string of the molecule is COc1ccc2ccc(OCc3nc(C(=O)N4CC(n5cccn5)C4)co3)cc2c1. The van der Waals surface area contributed by atoms with E-state index < -0.39 is 0 Å². The zero-order valence-electron chi connectivity index (χ0n) is 16.4.